The molecule has 2 fully saturated rings. The fourth-order valence-electron chi connectivity index (χ4n) is 4.33. The molecule has 2 aliphatic rings. The highest BCUT2D eigenvalue weighted by Gasteiger charge is 2.29. The minimum Gasteiger partial charge on any atom is -0.360 e. The van der Waals surface area contributed by atoms with Crippen molar-refractivity contribution in [3.8, 4) is 0 Å². The first-order valence-electron chi connectivity index (χ1n) is 10.2. The number of benzene rings is 1. The molecule has 2 N–H and O–H groups in total. The standard InChI is InChI=1S/C21H34N4S/c1-17(22-21(26)23-19-11-7-4-8-12-19)20(18-9-5-3-6-10-18)25-15-13-24(2)14-16-25/h3,5-6,9-10,17,19-20H,4,7-8,11-16H2,1-2H3,(H2,22,23,26)/t17-,20-/m1/s1. The van der Waals surface area contributed by atoms with Crippen molar-refractivity contribution in [1.29, 1.82) is 0 Å². The molecule has 144 valence electrons. The Balaban J connectivity index is 1.64. The van der Waals surface area contributed by atoms with E-state index in [1.807, 2.05) is 0 Å². The molecule has 0 amide bonds. The van der Waals surface area contributed by atoms with Crippen molar-refractivity contribution in [2.75, 3.05) is 33.2 Å². The number of nitrogens with zero attached hydrogens (tertiary/aromatic N) is 2. The largest absolute Gasteiger partial charge is 0.360 e. The summed E-state index contributed by atoms with van der Waals surface area (Å²) in [6.07, 6.45) is 6.51. The van der Waals surface area contributed by atoms with Gasteiger partial charge in [0.1, 0.15) is 0 Å². The van der Waals surface area contributed by atoms with Crippen LogP contribution in [0.2, 0.25) is 0 Å². The highest BCUT2D eigenvalue weighted by molar-refractivity contribution is 7.80. The first-order valence-corrected chi connectivity index (χ1v) is 10.6. The number of thiocarbonyl (C=S) groups is 1. The molecule has 0 spiro atoms. The Bertz CT molecular complexity index is 550. The normalized spacial score (nSPS) is 22.5. The second-order valence-corrected chi connectivity index (χ2v) is 8.34. The first kappa shape index (κ1) is 19.6. The van der Waals surface area contributed by atoms with E-state index in [-0.39, 0.29) is 6.04 Å². The average molecular weight is 375 g/mol. The van der Waals surface area contributed by atoms with Crippen molar-refractivity contribution in [3.63, 3.8) is 0 Å². The maximum Gasteiger partial charge on any atom is 0.166 e. The van der Waals surface area contributed by atoms with Crippen LogP contribution < -0.4 is 10.6 Å². The number of rotatable bonds is 5. The lowest BCUT2D eigenvalue weighted by Crippen LogP contribution is -2.53. The first-order chi connectivity index (χ1) is 12.6. The van der Waals surface area contributed by atoms with Gasteiger partial charge in [-0.25, -0.2) is 0 Å². The van der Waals surface area contributed by atoms with Crippen molar-refractivity contribution in [2.24, 2.45) is 0 Å². The molecular weight excluding hydrogens is 340 g/mol. The summed E-state index contributed by atoms with van der Waals surface area (Å²) < 4.78 is 0. The lowest BCUT2D eigenvalue weighted by atomic mass is 9.95. The SMILES string of the molecule is C[C@@H](NC(=S)NC1CCCCC1)[C@H](c1ccccc1)N1CCN(C)CC1. The molecule has 5 heteroatoms. The second kappa shape index (κ2) is 9.67. The Morgan fingerprint density at radius 1 is 1.04 bits per heavy atom. The molecule has 1 aromatic carbocycles. The van der Waals surface area contributed by atoms with Crippen molar-refractivity contribution in [1.82, 2.24) is 20.4 Å². The van der Waals surface area contributed by atoms with Gasteiger partial charge in [-0.3, -0.25) is 4.90 Å². The molecule has 3 rings (SSSR count). The summed E-state index contributed by atoms with van der Waals surface area (Å²) >= 11 is 5.65. The van der Waals surface area contributed by atoms with Gasteiger partial charge < -0.3 is 15.5 Å². The second-order valence-electron chi connectivity index (χ2n) is 7.94. The molecule has 0 aromatic heterocycles. The Hall–Kier alpha value is -1.17. The summed E-state index contributed by atoms with van der Waals surface area (Å²) in [4.78, 5) is 5.02. The van der Waals surface area contributed by atoms with Gasteiger partial charge in [-0.15, -0.1) is 0 Å². The van der Waals surface area contributed by atoms with Crippen LogP contribution in [-0.4, -0.2) is 60.2 Å². The molecular formula is C21H34N4S. The van der Waals surface area contributed by atoms with E-state index in [0.29, 0.717) is 12.1 Å². The van der Waals surface area contributed by atoms with Crippen LogP contribution in [-0.2, 0) is 0 Å². The molecule has 1 heterocycles. The van der Waals surface area contributed by atoms with Gasteiger partial charge in [0.15, 0.2) is 5.11 Å². The van der Waals surface area contributed by atoms with Gasteiger partial charge >= 0.3 is 0 Å². The fraction of sp³-hybridized carbons (Fsp3) is 0.667. The predicted molar refractivity (Wildman–Crippen MR) is 113 cm³/mol. The van der Waals surface area contributed by atoms with Crippen LogP contribution in [0.15, 0.2) is 30.3 Å². The molecule has 4 nitrogen and oxygen atoms in total. The van der Waals surface area contributed by atoms with Crippen LogP contribution in [0.5, 0.6) is 0 Å². The fourth-order valence-corrected chi connectivity index (χ4v) is 4.68. The third kappa shape index (κ3) is 5.41. The summed E-state index contributed by atoms with van der Waals surface area (Å²) in [6.45, 7) is 6.72. The molecule has 1 aliphatic heterocycles. The number of nitrogens with one attached hydrogen (secondary N) is 2. The van der Waals surface area contributed by atoms with E-state index in [1.165, 1.54) is 37.7 Å². The third-order valence-corrected chi connectivity index (χ3v) is 6.08. The van der Waals surface area contributed by atoms with Crippen LogP contribution in [0.1, 0.15) is 50.6 Å². The maximum absolute atomic E-state index is 5.65. The smallest absolute Gasteiger partial charge is 0.166 e. The van der Waals surface area contributed by atoms with Crippen molar-refractivity contribution < 1.29 is 0 Å². The Morgan fingerprint density at radius 2 is 1.69 bits per heavy atom. The van der Waals surface area contributed by atoms with E-state index in [4.69, 9.17) is 12.2 Å². The zero-order valence-corrected chi connectivity index (χ0v) is 17.1. The minimum absolute atomic E-state index is 0.268. The molecule has 1 aromatic rings. The van der Waals surface area contributed by atoms with Crippen LogP contribution >= 0.6 is 12.2 Å². The zero-order valence-electron chi connectivity index (χ0n) is 16.3. The number of likely N-dealkylation sites (N-methyl/N-ethyl adjacent to an activating group) is 1. The molecule has 0 bridgehead atoms. The van der Waals surface area contributed by atoms with E-state index < -0.39 is 0 Å². The van der Waals surface area contributed by atoms with Crippen LogP contribution in [0, 0.1) is 0 Å². The predicted octanol–water partition coefficient (Wildman–Crippen LogP) is 3.16. The van der Waals surface area contributed by atoms with Gasteiger partial charge in [0.05, 0.1) is 6.04 Å². The van der Waals surface area contributed by atoms with E-state index in [2.05, 4.69) is 64.7 Å². The molecule has 0 radical (unpaired) electrons. The number of hydrogen-bond acceptors (Lipinski definition) is 3. The average Bonchev–Trinajstić information content (AvgIpc) is 2.65. The third-order valence-electron chi connectivity index (χ3n) is 5.85. The molecule has 1 saturated carbocycles. The highest BCUT2D eigenvalue weighted by Crippen LogP contribution is 2.25. The quantitative estimate of drug-likeness (QED) is 0.773. The molecule has 1 saturated heterocycles. The Labute approximate surface area is 164 Å². The molecule has 26 heavy (non-hydrogen) atoms. The van der Waals surface area contributed by atoms with Gasteiger partial charge in [0.2, 0.25) is 0 Å². The summed E-state index contributed by atoms with van der Waals surface area (Å²) in [5, 5.41) is 7.98. The van der Waals surface area contributed by atoms with E-state index in [1.54, 1.807) is 0 Å². The van der Waals surface area contributed by atoms with E-state index >= 15 is 0 Å². The Morgan fingerprint density at radius 3 is 2.35 bits per heavy atom. The van der Waals surface area contributed by atoms with Crippen molar-refractivity contribution in [3.05, 3.63) is 35.9 Å². The monoisotopic (exact) mass is 374 g/mol. The van der Waals surface area contributed by atoms with Gasteiger partial charge in [-0.2, -0.15) is 0 Å². The topological polar surface area (TPSA) is 30.5 Å². The lowest BCUT2D eigenvalue weighted by molar-refractivity contribution is 0.0970. The van der Waals surface area contributed by atoms with Gasteiger partial charge in [-0.1, -0.05) is 49.6 Å². The summed E-state index contributed by atoms with van der Waals surface area (Å²) in [6, 6.07) is 12.0. The minimum atomic E-state index is 0.268. The van der Waals surface area contributed by atoms with Crippen LogP contribution in [0.4, 0.5) is 0 Å². The zero-order chi connectivity index (χ0) is 18.4. The summed E-state index contributed by atoms with van der Waals surface area (Å²) in [5.74, 6) is 0. The summed E-state index contributed by atoms with van der Waals surface area (Å²) in [5.41, 5.74) is 1.37. The molecule has 0 unspecified atom stereocenters. The number of piperazine rings is 1. The van der Waals surface area contributed by atoms with E-state index in [9.17, 15) is 0 Å². The van der Waals surface area contributed by atoms with Gasteiger partial charge in [0.25, 0.3) is 0 Å². The summed E-state index contributed by atoms with van der Waals surface area (Å²) in [7, 11) is 2.21. The van der Waals surface area contributed by atoms with E-state index in [0.717, 1.165) is 31.3 Å². The number of hydrogen-bond donors (Lipinski definition) is 2. The highest BCUT2D eigenvalue weighted by atomic mass is 32.1. The maximum atomic E-state index is 5.65. The van der Waals surface area contributed by atoms with Crippen molar-refractivity contribution >= 4 is 17.3 Å². The lowest BCUT2D eigenvalue weighted by Gasteiger charge is -2.41. The van der Waals surface area contributed by atoms with Crippen LogP contribution in [0.3, 0.4) is 0 Å². The molecule has 2 atom stereocenters. The van der Waals surface area contributed by atoms with Crippen molar-refractivity contribution in [2.45, 2.75) is 57.2 Å². The molecule has 1 aliphatic carbocycles. The van der Waals surface area contributed by atoms with Crippen LogP contribution in [0.25, 0.3) is 0 Å². The van der Waals surface area contributed by atoms with Gasteiger partial charge in [-0.05, 0) is 44.6 Å². The Kier molecular flexibility index (Phi) is 7.29. The van der Waals surface area contributed by atoms with Gasteiger partial charge in [0, 0.05) is 38.3 Å².